The van der Waals surface area contributed by atoms with Gasteiger partial charge in [-0.05, 0) is 25.8 Å². The molecule has 0 aliphatic carbocycles. The van der Waals surface area contributed by atoms with Crippen molar-refractivity contribution in [2.75, 3.05) is 13.6 Å². The highest BCUT2D eigenvalue weighted by Crippen LogP contribution is 2.07. The van der Waals surface area contributed by atoms with Crippen LogP contribution in [0.4, 0.5) is 0 Å². The van der Waals surface area contributed by atoms with Crippen LogP contribution in [0.5, 0.6) is 0 Å². The van der Waals surface area contributed by atoms with Crippen molar-refractivity contribution >= 4 is 6.41 Å². The lowest BCUT2D eigenvalue weighted by Gasteiger charge is -2.29. The van der Waals surface area contributed by atoms with E-state index in [0.29, 0.717) is 0 Å². The fraction of sp³-hybridized carbons (Fsp3) is 0.857. The zero-order chi connectivity index (χ0) is 7.40. The van der Waals surface area contributed by atoms with Crippen LogP contribution in [0.2, 0.25) is 0 Å². The summed E-state index contributed by atoms with van der Waals surface area (Å²) in [5, 5.41) is 3.26. The number of nitrogens with one attached hydrogen (secondary N) is 1. The van der Waals surface area contributed by atoms with E-state index in [1.54, 1.807) is 4.90 Å². The lowest BCUT2D eigenvalue weighted by Crippen LogP contribution is -2.45. The van der Waals surface area contributed by atoms with Gasteiger partial charge in [0.05, 0.1) is 6.17 Å². The molecule has 1 atom stereocenters. The standard InChI is InChI=1S/C7H14N2O/c1-9(6-10)7-4-2-3-5-8-7/h6-8H,2-5H2,1H3. The molecule has 0 aromatic rings. The summed E-state index contributed by atoms with van der Waals surface area (Å²) >= 11 is 0. The Morgan fingerprint density at radius 1 is 1.60 bits per heavy atom. The molecular formula is C7H14N2O. The molecule has 58 valence electrons. The molecular weight excluding hydrogens is 128 g/mol. The van der Waals surface area contributed by atoms with Gasteiger partial charge in [-0.15, -0.1) is 0 Å². The van der Waals surface area contributed by atoms with Gasteiger partial charge in [0.2, 0.25) is 6.41 Å². The minimum absolute atomic E-state index is 0.284. The second-order valence-electron chi connectivity index (χ2n) is 2.74. The van der Waals surface area contributed by atoms with Crippen molar-refractivity contribution in [1.29, 1.82) is 0 Å². The number of nitrogens with zero attached hydrogens (tertiary/aromatic N) is 1. The molecule has 1 N–H and O–H groups in total. The second-order valence-corrected chi connectivity index (χ2v) is 2.74. The molecule has 1 amide bonds. The molecule has 0 radical (unpaired) electrons. The van der Waals surface area contributed by atoms with Gasteiger partial charge in [0.25, 0.3) is 0 Å². The van der Waals surface area contributed by atoms with Crippen molar-refractivity contribution in [3.8, 4) is 0 Å². The highest BCUT2D eigenvalue weighted by molar-refractivity contribution is 5.46. The predicted molar refractivity (Wildman–Crippen MR) is 39.5 cm³/mol. The van der Waals surface area contributed by atoms with Crippen LogP contribution in [-0.4, -0.2) is 31.1 Å². The van der Waals surface area contributed by atoms with E-state index in [9.17, 15) is 4.79 Å². The Morgan fingerprint density at radius 2 is 2.40 bits per heavy atom. The molecule has 1 heterocycles. The van der Waals surface area contributed by atoms with E-state index in [0.717, 1.165) is 19.4 Å². The predicted octanol–water partition coefficient (Wildman–Crippen LogP) is 0.174. The molecule has 1 unspecified atom stereocenters. The van der Waals surface area contributed by atoms with Crippen molar-refractivity contribution in [3.63, 3.8) is 0 Å². The average molecular weight is 142 g/mol. The third-order valence-electron chi connectivity index (χ3n) is 1.94. The van der Waals surface area contributed by atoms with Gasteiger partial charge in [-0.3, -0.25) is 10.1 Å². The number of hydrogen-bond donors (Lipinski definition) is 1. The number of piperidine rings is 1. The number of rotatable bonds is 2. The van der Waals surface area contributed by atoms with Gasteiger partial charge in [-0.1, -0.05) is 0 Å². The first-order valence-electron chi connectivity index (χ1n) is 3.75. The number of amides is 1. The van der Waals surface area contributed by atoms with Gasteiger partial charge in [-0.2, -0.15) is 0 Å². The number of carbonyl (C=O) groups is 1. The third-order valence-corrected chi connectivity index (χ3v) is 1.94. The molecule has 1 fully saturated rings. The van der Waals surface area contributed by atoms with E-state index in [4.69, 9.17) is 0 Å². The quantitative estimate of drug-likeness (QED) is 0.558. The summed E-state index contributed by atoms with van der Waals surface area (Å²) in [6.45, 7) is 1.04. The Balaban J connectivity index is 2.30. The molecule has 1 aliphatic rings. The Bertz CT molecular complexity index is 110. The Hall–Kier alpha value is -0.570. The van der Waals surface area contributed by atoms with E-state index in [1.165, 1.54) is 12.8 Å². The first kappa shape index (κ1) is 7.54. The van der Waals surface area contributed by atoms with Gasteiger partial charge in [0.1, 0.15) is 0 Å². The van der Waals surface area contributed by atoms with Crippen LogP contribution in [0, 0.1) is 0 Å². The number of carbonyl (C=O) groups excluding carboxylic acids is 1. The summed E-state index contributed by atoms with van der Waals surface area (Å²) in [6, 6.07) is 0. The molecule has 1 rings (SSSR count). The molecule has 0 spiro atoms. The normalized spacial score (nSPS) is 25.9. The lowest BCUT2D eigenvalue weighted by atomic mass is 10.1. The van der Waals surface area contributed by atoms with Gasteiger partial charge >= 0.3 is 0 Å². The lowest BCUT2D eigenvalue weighted by molar-refractivity contribution is -0.119. The van der Waals surface area contributed by atoms with E-state index >= 15 is 0 Å². The summed E-state index contributed by atoms with van der Waals surface area (Å²) < 4.78 is 0. The molecule has 3 heteroatoms. The molecule has 10 heavy (non-hydrogen) atoms. The van der Waals surface area contributed by atoms with E-state index in [-0.39, 0.29) is 6.17 Å². The Morgan fingerprint density at radius 3 is 2.90 bits per heavy atom. The summed E-state index contributed by atoms with van der Waals surface area (Å²) in [6.07, 6.45) is 4.73. The number of hydrogen-bond acceptors (Lipinski definition) is 2. The van der Waals surface area contributed by atoms with Crippen molar-refractivity contribution in [2.24, 2.45) is 0 Å². The fourth-order valence-corrected chi connectivity index (χ4v) is 1.25. The maximum Gasteiger partial charge on any atom is 0.210 e. The zero-order valence-corrected chi connectivity index (χ0v) is 6.34. The highest BCUT2D eigenvalue weighted by atomic mass is 16.1. The zero-order valence-electron chi connectivity index (χ0n) is 6.34. The van der Waals surface area contributed by atoms with Crippen LogP contribution in [0.15, 0.2) is 0 Å². The van der Waals surface area contributed by atoms with E-state index < -0.39 is 0 Å². The van der Waals surface area contributed by atoms with Gasteiger partial charge in [0, 0.05) is 7.05 Å². The molecule has 0 aromatic carbocycles. The first-order valence-corrected chi connectivity index (χ1v) is 3.75. The minimum atomic E-state index is 0.284. The SMILES string of the molecule is CN(C=O)C1CCCCN1. The van der Waals surface area contributed by atoms with Gasteiger partial charge < -0.3 is 4.90 Å². The van der Waals surface area contributed by atoms with Gasteiger partial charge in [-0.25, -0.2) is 0 Å². The van der Waals surface area contributed by atoms with E-state index in [1.807, 2.05) is 7.05 Å². The smallest absolute Gasteiger partial charge is 0.210 e. The van der Waals surface area contributed by atoms with Crippen LogP contribution < -0.4 is 5.32 Å². The van der Waals surface area contributed by atoms with Crippen molar-refractivity contribution in [1.82, 2.24) is 10.2 Å². The summed E-state index contributed by atoms with van der Waals surface area (Å²) in [5.74, 6) is 0. The minimum Gasteiger partial charge on any atom is -0.333 e. The average Bonchev–Trinajstić information content (AvgIpc) is 2.05. The molecule has 1 aliphatic heterocycles. The first-order chi connectivity index (χ1) is 4.84. The van der Waals surface area contributed by atoms with Crippen LogP contribution in [0.1, 0.15) is 19.3 Å². The Labute approximate surface area is 61.4 Å². The molecule has 3 nitrogen and oxygen atoms in total. The largest absolute Gasteiger partial charge is 0.333 e. The molecule has 0 saturated carbocycles. The highest BCUT2D eigenvalue weighted by Gasteiger charge is 2.14. The second kappa shape index (κ2) is 3.56. The summed E-state index contributed by atoms with van der Waals surface area (Å²) in [5.41, 5.74) is 0. The van der Waals surface area contributed by atoms with Crippen molar-refractivity contribution in [3.05, 3.63) is 0 Å². The maximum atomic E-state index is 10.3. The van der Waals surface area contributed by atoms with Crippen LogP contribution in [0.3, 0.4) is 0 Å². The molecule has 0 bridgehead atoms. The third kappa shape index (κ3) is 1.70. The van der Waals surface area contributed by atoms with Crippen molar-refractivity contribution in [2.45, 2.75) is 25.4 Å². The summed E-state index contributed by atoms with van der Waals surface area (Å²) in [7, 11) is 1.82. The summed E-state index contributed by atoms with van der Waals surface area (Å²) in [4.78, 5) is 12.0. The van der Waals surface area contributed by atoms with Crippen LogP contribution >= 0.6 is 0 Å². The molecule has 1 saturated heterocycles. The monoisotopic (exact) mass is 142 g/mol. The maximum absolute atomic E-state index is 10.3. The van der Waals surface area contributed by atoms with Gasteiger partial charge in [0.15, 0.2) is 0 Å². The fourth-order valence-electron chi connectivity index (χ4n) is 1.25. The Kier molecular flexibility index (Phi) is 2.68. The molecule has 0 aromatic heterocycles. The van der Waals surface area contributed by atoms with Crippen molar-refractivity contribution < 1.29 is 4.79 Å². The van der Waals surface area contributed by atoms with Crippen LogP contribution in [-0.2, 0) is 4.79 Å². The topological polar surface area (TPSA) is 32.3 Å². The van der Waals surface area contributed by atoms with Crippen LogP contribution in [0.25, 0.3) is 0 Å². The van der Waals surface area contributed by atoms with E-state index in [2.05, 4.69) is 5.32 Å².